The summed E-state index contributed by atoms with van der Waals surface area (Å²) in [5.41, 5.74) is 6.25. The molecule has 0 radical (unpaired) electrons. The van der Waals surface area contributed by atoms with E-state index in [0.29, 0.717) is 12.0 Å². The molecular weight excluding hydrogens is 218 g/mol. The van der Waals surface area contributed by atoms with Crippen LogP contribution in [-0.4, -0.2) is 18.8 Å². The Balaban J connectivity index is 1.89. The summed E-state index contributed by atoms with van der Waals surface area (Å²) in [4.78, 5) is 2.88. The van der Waals surface area contributed by atoms with E-state index >= 15 is 0 Å². The number of nitrogens with two attached hydrogens (primary N) is 1. The van der Waals surface area contributed by atoms with E-state index in [2.05, 4.69) is 26.0 Å². The molecule has 1 aliphatic heterocycles. The van der Waals surface area contributed by atoms with Crippen LogP contribution in [0.2, 0.25) is 0 Å². The molecule has 2 heterocycles. The largest absolute Gasteiger partial charge is 0.378 e. The minimum absolute atomic E-state index is 0.258. The molecule has 3 unspecified atom stereocenters. The molecule has 3 heteroatoms. The molecule has 2 N–H and O–H groups in total. The van der Waals surface area contributed by atoms with Crippen molar-refractivity contribution in [1.82, 2.24) is 0 Å². The zero-order chi connectivity index (χ0) is 11.5. The van der Waals surface area contributed by atoms with E-state index < -0.39 is 0 Å². The average molecular weight is 239 g/mol. The van der Waals surface area contributed by atoms with Crippen LogP contribution in [0.25, 0.3) is 0 Å². The maximum atomic E-state index is 6.25. The summed E-state index contributed by atoms with van der Waals surface area (Å²) < 4.78 is 5.57. The van der Waals surface area contributed by atoms with Crippen LogP contribution < -0.4 is 5.73 Å². The lowest BCUT2D eigenvalue weighted by Gasteiger charge is -2.16. The first-order valence-electron chi connectivity index (χ1n) is 6.13. The molecule has 2 rings (SSSR count). The number of hydrogen-bond donors (Lipinski definition) is 1. The fourth-order valence-corrected chi connectivity index (χ4v) is 3.30. The van der Waals surface area contributed by atoms with Gasteiger partial charge in [0, 0.05) is 21.7 Å². The van der Waals surface area contributed by atoms with Crippen LogP contribution in [0.3, 0.4) is 0 Å². The van der Waals surface area contributed by atoms with Gasteiger partial charge in [0.25, 0.3) is 0 Å². The van der Waals surface area contributed by atoms with Gasteiger partial charge in [-0.2, -0.15) is 0 Å². The Kier molecular flexibility index (Phi) is 4.00. The molecule has 1 aliphatic rings. The van der Waals surface area contributed by atoms with Crippen LogP contribution in [0.4, 0.5) is 0 Å². The Hall–Kier alpha value is -0.380. The summed E-state index contributed by atoms with van der Waals surface area (Å²) in [7, 11) is 0. The van der Waals surface area contributed by atoms with E-state index in [1.807, 2.05) is 11.3 Å². The molecule has 1 saturated heterocycles. The quantitative estimate of drug-likeness (QED) is 0.876. The summed E-state index contributed by atoms with van der Waals surface area (Å²) in [5.74, 6) is 0.544. The Morgan fingerprint density at radius 2 is 2.25 bits per heavy atom. The van der Waals surface area contributed by atoms with Gasteiger partial charge in [-0.3, -0.25) is 0 Å². The van der Waals surface area contributed by atoms with Gasteiger partial charge in [-0.1, -0.05) is 6.92 Å². The van der Waals surface area contributed by atoms with Crippen molar-refractivity contribution in [3.05, 3.63) is 21.9 Å². The third-order valence-electron chi connectivity index (χ3n) is 3.34. The van der Waals surface area contributed by atoms with Gasteiger partial charge in [-0.15, -0.1) is 11.3 Å². The third kappa shape index (κ3) is 2.84. The molecule has 1 fully saturated rings. The molecule has 90 valence electrons. The lowest BCUT2D eigenvalue weighted by molar-refractivity contribution is 0.118. The molecular formula is C13H21NOS. The molecule has 16 heavy (non-hydrogen) atoms. The van der Waals surface area contributed by atoms with Gasteiger partial charge in [0.05, 0.1) is 12.7 Å². The predicted molar refractivity (Wildman–Crippen MR) is 68.9 cm³/mol. The summed E-state index contributed by atoms with van der Waals surface area (Å²) in [5, 5.41) is 0. The first-order valence-corrected chi connectivity index (χ1v) is 6.95. The minimum atomic E-state index is 0.258. The topological polar surface area (TPSA) is 35.2 Å². The van der Waals surface area contributed by atoms with Crippen LogP contribution in [0, 0.1) is 5.92 Å². The summed E-state index contributed by atoms with van der Waals surface area (Å²) >= 11 is 1.90. The Morgan fingerprint density at radius 3 is 2.81 bits per heavy atom. The van der Waals surface area contributed by atoms with Crippen molar-refractivity contribution >= 4 is 11.3 Å². The van der Waals surface area contributed by atoms with Crippen LogP contribution in [0.1, 0.15) is 30.0 Å². The molecule has 2 nitrogen and oxygen atoms in total. The molecule has 0 aromatic carbocycles. The number of hydrogen-bond acceptors (Lipinski definition) is 3. The molecule has 0 spiro atoms. The number of ether oxygens (including phenoxy) is 1. The standard InChI is InChI=1S/C13H21NOS/c1-3-11-4-5-12(16-11)7-13(14)10-6-9(2)15-8-10/h4-5,9-10,13H,3,6-8,14H2,1-2H3. The second-order valence-corrected chi connectivity index (χ2v) is 5.98. The second kappa shape index (κ2) is 5.30. The van der Waals surface area contributed by atoms with Crippen molar-refractivity contribution in [2.24, 2.45) is 11.7 Å². The second-order valence-electron chi connectivity index (χ2n) is 4.73. The molecule has 0 amide bonds. The number of thiophene rings is 1. The first-order chi connectivity index (χ1) is 7.69. The van der Waals surface area contributed by atoms with Gasteiger partial charge in [-0.05, 0) is 38.3 Å². The highest BCUT2D eigenvalue weighted by Gasteiger charge is 2.27. The first kappa shape index (κ1) is 12.1. The normalized spacial score (nSPS) is 27.2. The smallest absolute Gasteiger partial charge is 0.0551 e. The third-order valence-corrected chi connectivity index (χ3v) is 4.59. The van der Waals surface area contributed by atoms with E-state index in [-0.39, 0.29) is 6.04 Å². The van der Waals surface area contributed by atoms with Gasteiger partial charge in [-0.25, -0.2) is 0 Å². The maximum absolute atomic E-state index is 6.25. The highest BCUT2D eigenvalue weighted by atomic mass is 32.1. The molecule has 3 atom stereocenters. The molecule has 0 saturated carbocycles. The monoisotopic (exact) mass is 239 g/mol. The summed E-state index contributed by atoms with van der Waals surface area (Å²) in [6, 6.07) is 4.71. The van der Waals surface area contributed by atoms with Crippen molar-refractivity contribution in [2.45, 2.75) is 45.3 Å². The molecule has 0 bridgehead atoms. The van der Waals surface area contributed by atoms with E-state index in [4.69, 9.17) is 10.5 Å². The molecule has 0 aliphatic carbocycles. The van der Waals surface area contributed by atoms with E-state index in [1.54, 1.807) is 0 Å². The highest BCUT2D eigenvalue weighted by Crippen LogP contribution is 2.25. The maximum Gasteiger partial charge on any atom is 0.0551 e. The predicted octanol–water partition coefficient (Wildman–Crippen LogP) is 2.61. The van der Waals surface area contributed by atoms with Crippen molar-refractivity contribution in [2.75, 3.05) is 6.61 Å². The number of aryl methyl sites for hydroxylation is 1. The van der Waals surface area contributed by atoms with Gasteiger partial charge in [0.2, 0.25) is 0 Å². The van der Waals surface area contributed by atoms with Crippen molar-refractivity contribution < 1.29 is 4.74 Å². The van der Waals surface area contributed by atoms with Crippen LogP contribution >= 0.6 is 11.3 Å². The van der Waals surface area contributed by atoms with Crippen LogP contribution in [0.5, 0.6) is 0 Å². The summed E-state index contributed by atoms with van der Waals surface area (Å²) in [6.45, 7) is 5.17. The summed E-state index contributed by atoms with van der Waals surface area (Å²) in [6.07, 6.45) is 3.65. The lowest BCUT2D eigenvalue weighted by atomic mass is 9.95. The fraction of sp³-hybridized carbons (Fsp3) is 0.692. The van der Waals surface area contributed by atoms with Crippen LogP contribution in [0.15, 0.2) is 12.1 Å². The Bertz CT molecular complexity index is 336. The average Bonchev–Trinajstić information content (AvgIpc) is 2.87. The Labute approximate surface area is 102 Å². The Morgan fingerprint density at radius 1 is 1.50 bits per heavy atom. The van der Waals surface area contributed by atoms with Crippen molar-refractivity contribution in [3.8, 4) is 0 Å². The zero-order valence-electron chi connectivity index (χ0n) is 10.1. The molecule has 1 aromatic rings. The lowest BCUT2D eigenvalue weighted by Crippen LogP contribution is -2.32. The fourth-order valence-electron chi connectivity index (χ4n) is 2.27. The zero-order valence-corrected chi connectivity index (χ0v) is 10.9. The van der Waals surface area contributed by atoms with Crippen molar-refractivity contribution in [1.29, 1.82) is 0 Å². The highest BCUT2D eigenvalue weighted by molar-refractivity contribution is 7.11. The van der Waals surface area contributed by atoms with Gasteiger partial charge in [0.15, 0.2) is 0 Å². The van der Waals surface area contributed by atoms with Crippen molar-refractivity contribution in [3.63, 3.8) is 0 Å². The molecule has 1 aromatic heterocycles. The van der Waals surface area contributed by atoms with Gasteiger partial charge >= 0.3 is 0 Å². The van der Waals surface area contributed by atoms with E-state index in [0.717, 1.165) is 25.9 Å². The van der Waals surface area contributed by atoms with Gasteiger partial charge < -0.3 is 10.5 Å². The SMILES string of the molecule is CCc1ccc(CC(N)C2COC(C)C2)s1. The van der Waals surface area contributed by atoms with E-state index in [1.165, 1.54) is 9.75 Å². The van der Waals surface area contributed by atoms with E-state index in [9.17, 15) is 0 Å². The van der Waals surface area contributed by atoms with Gasteiger partial charge in [0.1, 0.15) is 0 Å². The number of rotatable bonds is 4. The minimum Gasteiger partial charge on any atom is -0.378 e. The van der Waals surface area contributed by atoms with Crippen LogP contribution in [-0.2, 0) is 17.6 Å².